The van der Waals surface area contributed by atoms with E-state index in [4.69, 9.17) is 14.4 Å². The zero-order valence-corrected chi connectivity index (χ0v) is 27.6. The van der Waals surface area contributed by atoms with E-state index < -0.39 is 0 Å². The van der Waals surface area contributed by atoms with E-state index in [9.17, 15) is 0 Å². The minimum atomic E-state index is 0.670. The van der Waals surface area contributed by atoms with Crippen molar-refractivity contribution in [3.8, 4) is 56.4 Å². The van der Waals surface area contributed by atoms with E-state index in [1.54, 1.807) is 0 Å². The Balaban J connectivity index is 1.24. The normalized spacial score (nSPS) is 11.5. The SMILES string of the molecule is c1ccc(-c2ccc(-c3nc(-c4ccccc4-c4cc5ccccc5o4)cc(-c4c5ccccc5cc5c4ccc4ccccc45)n3)cc2)cc1. The van der Waals surface area contributed by atoms with Crippen LogP contribution in [0.25, 0.3) is 99.6 Å². The molecule has 0 saturated heterocycles. The quantitative estimate of drug-likeness (QED) is 0.137. The smallest absolute Gasteiger partial charge is 0.160 e. The third kappa shape index (κ3) is 5.06. The Morgan fingerprint density at radius 3 is 1.80 bits per heavy atom. The average molecular weight is 651 g/mol. The predicted octanol–water partition coefficient (Wildman–Crippen LogP) is 13.0. The minimum Gasteiger partial charge on any atom is -0.456 e. The van der Waals surface area contributed by atoms with Crippen molar-refractivity contribution in [3.63, 3.8) is 0 Å². The first-order valence-corrected chi connectivity index (χ1v) is 17.2. The summed E-state index contributed by atoms with van der Waals surface area (Å²) >= 11 is 0. The van der Waals surface area contributed by atoms with Crippen LogP contribution in [0.1, 0.15) is 0 Å². The van der Waals surface area contributed by atoms with Crippen LogP contribution in [0.2, 0.25) is 0 Å². The Bertz CT molecular complexity index is 2870. The lowest BCUT2D eigenvalue weighted by molar-refractivity contribution is 0.632. The lowest BCUT2D eigenvalue weighted by Crippen LogP contribution is -1.98. The van der Waals surface area contributed by atoms with Gasteiger partial charge in [-0.05, 0) is 67.7 Å². The highest BCUT2D eigenvalue weighted by atomic mass is 16.3. The third-order valence-corrected chi connectivity index (χ3v) is 9.90. The van der Waals surface area contributed by atoms with Crippen LogP contribution in [0.15, 0.2) is 186 Å². The molecule has 0 aliphatic carbocycles. The summed E-state index contributed by atoms with van der Waals surface area (Å²) < 4.78 is 6.41. The average Bonchev–Trinajstić information content (AvgIpc) is 3.65. The first-order chi connectivity index (χ1) is 25.3. The van der Waals surface area contributed by atoms with Gasteiger partial charge in [-0.3, -0.25) is 0 Å². The van der Waals surface area contributed by atoms with Gasteiger partial charge in [-0.25, -0.2) is 9.97 Å². The van der Waals surface area contributed by atoms with Crippen molar-refractivity contribution in [2.45, 2.75) is 0 Å². The van der Waals surface area contributed by atoms with Gasteiger partial charge in [0, 0.05) is 27.6 Å². The predicted molar refractivity (Wildman–Crippen MR) is 212 cm³/mol. The van der Waals surface area contributed by atoms with Crippen LogP contribution in [0.5, 0.6) is 0 Å². The van der Waals surface area contributed by atoms with Crippen molar-refractivity contribution in [2.24, 2.45) is 0 Å². The van der Waals surface area contributed by atoms with Gasteiger partial charge >= 0.3 is 0 Å². The highest BCUT2D eigenvalue weighted by molar-refractivity contribution is 6.19. The monoisotopic (exact) mass is 650 g/mol. The fourth-order valence-corrected chi connectivity index (χ4v) is 7.42. The lowest BCUT2D eigenvalue weighted by Gasteiger charge is -2.16. The van der Waals surface area contributed by atoms with Crippen molar-refractivity contribution in [1.29, 1.82) is 0 Å². The molecule has 8 aromatic carbocycles. The molecule has 0 amide bonds. The highest BCUT2D eigenvalue weighted by Crippen LogP contribution is 2.42. The van der Waals surface area contributed by atoms with Crippen LogP contribution in [0, 0.1) is 0 Å². The van der Waals surface area contributed by atoms with Gasteiger partial charge in [-0.15, -0.1) is 0 Å². The maximum atomic E-state index is 6.41. The molecule has 0 fully saturated rings. The Hall–Kier alpha value is -6.84. The van der Waals surface area contributed by atoms with E-state index in [0.717, 1.165) is 66.7 Å². The zero-order valence-electron chi connectivity index (χ0n) is 27.6. The van der Waals surface area contributed by atoms with Gasteiger partial charge in [0.1, 0.15) is 11.3 Å². The summed E-state index contributed by atoms with van der Waals surface area (Å²) in [6.07, 6.45) is 0. The molecule has 0 N–H and O–H groups in total. The largest absolute Gasteiger partial charge is 0.456 e. The van der Waals surface area contributed by atoms with E-state index in [-0.39, 0.29) is 0 Å². The number of benzene rings is 8. The van der Waals surface area contributed by atoms with Gasteiger partial charge in [0.05, 0.1) is 11.4 Å². The Morgan fingerprint density at radius 1 is 0.353 bits per heavy atom. The number of nitrogens with zero attached hydrogens (tertiary/aromatic N) is 2. The number of para-hydroxylation sites is 1. The highest BCUT2D eigenvalue weighted by Gasteiger charge is 2.19. The zero-order chi connectivity index (χ0) is 33.7. The number of aromatic nitrogens is 2. The van der Waals surface area contributed by atoms with Gasteiger partial charge in [0.15, 0.2) is 5.82 Å². The van der Waals surface area contributed by atoms with Gasteiger partial charge in [-0.1, -0.05) is 158 Å². The van der Waals surface area contributed by atoms with Crippen LogP contribution < -0.4 is 0 Å². The topological polar surface area (TPSA) is 38.9 Å². The molecule has 3 heteroatoms. The molecular formula is C48H30N2O. The molecule has 10 rings (SSSR count). The molecule has 0 saturated carbocycles. The van der Waals surface area contributed by atoms with Gasteiger partial charge in [-0.2, -0.15) is 0 Å². The second-order valence-corrected chi connectivity index (χ2v) is 13.0. The second kappa shape index (κ2) is 11.9. The summed E-state index contributed by atoms with van der Waals surface area (Å²) in [5, 5.41) is 8.20. The van der Waals surface area contributed by atoms with Crippen molar-refractivity contribution in [2.75, 3.05) is 0 Å². The van der Waals surface area contributed by atoms with Gasteiger partial charge in [0.2, 0.25) is 0 Å². The van der Waals surface area contributed by atoms with Gasteiger partial charge < -0.3 is 4.42 Å². The van der Waals surface area contributed by atoms with Gasteiger partial charge in [0.25, 0.3) is 0 Å². The lowest BCUT2D eigenvalue weighted by atomic mass is 9.91. The maximum Gasteiger partial charge on any atom is 0.160 e. The number of fused-ring (bicyclic) bond motifs is 5. The summed E-state index contributed by atoms with van der Waals surface area (Å²) in [5.41, 5.74) is 8.91. The summed E-state index contributed by atoms with van der Waals surface area (Å²) in [5.74, 6) is 1.48. The molecule has 0 unspecified atom stereocenters. The Morgan fingerprint density at radius 2 is 0.980 bits per heavy atom. The molecule has 2 heterocycles. The van der Waals surface area contributed by atoms with Crippen molar-refractivity contribution in [1.82, 2.24) is 9.97 Å². The van der Waals surface area contributed by atoms with E-state index >= 15 is 0 Å². The van der Waals surface area contributed by atoms with Crippen molar-refractivity contribution >= 4 is 43.3 Å². The first kappa shape index (κ1) is 29.1. The third-order valence-electron chi connectivity index (χ3n) is 9.90. The number of furan rings is 1. The molecule has 0 spiro atoms. The van der Waals surface area contributed by atoms with Crippen molar-refractivity contribution < 1.29 is 4.42 Å². The first-order valence-electron chi connectivity index (χ1n) is 17.2. The van der Waals surface area contributed by atoms with Crippen LogP contribution in [-0.2, 0) is 0 Å². The van der Waals surface area contributed by atoms with Crippen LogP contribution >= 0.6 is 0 Å². The molecule has 238 valence electrons. The summed E-state index contributed by atoms with van der Waals surface area (Å²) in [6.45, 7) is 0. The second-order valence-electron chi connectivity index (χ2n) is 13.0. The summed E-state index contributed by atoms with van der Waals surface area (Å²) in [7, 11) is 0. The van der Waals surface area contributed by atoms with Crippen LogP contribution in [0.3, 0.4) is 0 Å². The maximum absolute atomic E-state index is 6.41. The molecule has 2 aromatic heterocycles. The minimum absolute atomic E-state index is 0.670. The van der Waals surface area contributed by atoms with E-state index in [1.165, 1.54) is 27.1 Å². The Kier molecular flexibility index (Phi) is 6.81. The molecule has 0 aliphatic rings. The fourth-order valence-electron chi connectivity index (χ4n) is 7.42. The fraction of sp³-hybridized carbons (Fsp3) is 0. The van der Waals surface area contributed by atoms with Crippen LogP contribution in [0.4, 0.5) is 0 Å². The molecule has 0 bridgehead atoms. The molecule has 3 nitrogen and oxygen atoms in total. The summed E-state index contributed by atoms with van der Waals surface area (Å²) in [6, 6.07) is 63.8. The molecular weight excluding hydrogens is 621 g/mol. The molecule has 0 aliphatic heterocycles. The number of hydrogen-bond donors (Lipinski definition) is 0. The van der Waals surface area contributed by atoms with Crippen molar-refractivity contribution in [3.05, 3.63) is 182 Å². The Labute approximate surface area is 295 Å². The summed E-state index contributed by atoms with van der Waals surface area (Å²) in [4.78, 5) is 10.7. The van der Waals surface area contributed by atoms with E-state index in [2.05, 4.69) is 158 Å². The number of hydrogen-bond acceptors (Lipinski definition) is 3. The van der Waals surface area contributed by atoms with E-state index in [1.807, 2.05) is 24.3 Å². The molecule has 10 aromatic rings. The van der Waals surface area contributed by atoms with E-state index in [0.29, 0.717) is 5.82 Å². The molecule has 51 heavy (non-hydrogen) atoms. The molecule has 0 atom stereocenters. The number of rotatable bonds is 5. The standard InChI is InChI=1S/C48H30N2O/c1-2-12-31(13-3-1)32-22-24-34(25-23-32)48-49-43(39-19-9-10-20-40(39)46-29-36-16-6-11-21-45(36)51-46)30-44(50-48)47-38-18-8-5-15-35(38)28-42-37-17-7-4-14-33(37)26-27-41(42)47/h1-30H. The van der Waals surface area contributed by atoms with Crippen LogP contribution in [-0.4, -0.2) is 9.97 Å². The molecule has 0 radical (unpaired) electrons.